The Morgan fingerprint density at radius 2 is 2.14 bits per heavy atom. The lowest BCUT2D eigenvalue weighted by atomic mass is 10.0. The Morgan fingerprint density at radius 1 is 1.33 bits per heavy atom. The number of likely N-dealkylation sites (N-methyl/N-ethyl adjacent to an activating group) is 1. The molecule has 0 saturated carbocycles. The minimum atomic E-state index is 0.218. The molecule has 3 rings (SSSR count). The largest absolute Gasteiger partial charge is 0.464 e. The summed E-state index contributed by atoms with van der Waals surface area (Å²) in [6.45, 7) is 5.06. The third-order valence-electron chi connectivity index (χ3n) is 3.93. The van der Waals surface area contributed by atoms with Crippen molar-refractivity contribution in [2.45, 2.75) is 32.9 Å². The van der Waals surface area contributed by atoms with Crippen LogP contribution in [0, 0.1) is 6.92 Å². The van der Waals surface area contributed by atoms with Gasteiger partial charge in [0, 0.05) is 35.7 Å². The van der Waals surface area contributed by atoms with Crippen molar-refractivity contribution in [3.63, 3.8) is 0 Å². The maximum atomic E-state index is 5.67. The Bertz CT molecular complexity index is 741. The van der Waals surface area contributed by atoms with E-state index in [0.717, 1.165) is 24.2 Å². The number of nitrogens with zero attached hydrogens (tertiary/aromatic N) is 2. The number of para-hydroxylation sites is 1. The van der Waals surface area contributed by atoms with E-state index in [2.05, 4.69) is 40.2 Å². The van der Waals surface area contributed by atoms with Gasteiger partial charge in [-0.3, -0.25) is 4.68 Å². The molecule has 1 N–H and O–H groups in total. The zero-order valence-electron chi connectivity index (χ0n) is 12.8. The molecule has 0 bridgehead atoms. The molecule has 0 saturated heterocycles. The Morgan fingerprint density at radius 3 is 2.90 bits per heavy atom. The summed E-state index contributed by atoms with van der Waals surface area (Å²) in [5.74, 6) is 0. The second-order valence-electron chi connectivity index (χ2n) is 5.33. The van der Waals surface area contributed by atoms with E-state index in [1.165, 1.54) is 16.6 Å². The summed E-state index contributed by atoms with van der Waals surface area (Å²) in [7, 11) is 1.99. The van der Waals surface area contributed by atoms with Crippen molar-refractivity contribution in [1.29, 1.82) is 0 Å². The summed E-state index contributed by atoms with van der Waals surface area (Å²) in [6.07, 6.45) is 2.76. The van der Waals surface area contributed by atoms with Crippen LogP contribution < -0.4 is 5.32 Å². The molecule has 3 aromatic rings. The predicted molar refractivity (Wildman–Crippen MR) is 84.4 cm³/mol. The minimum Gasteiger partial charge on any atom is -0.464 e. The highest BCUT2D eigenvalue weighted by Gasteiger charge is 2.18. The standard InChI is InChI=1S/C17H21N3O/c1-4-20-13(9-12(2)19-20)10-16(18-3)15-11-21-17-8-6-5-7-14(15)17/h5-9,11,16,18H,4,10H2,1-3H3. The first-order valence-electron chi connectivity index (χ1n) is 7.39. The fourth-order valence-electron chi connectivity index (χ4n) is 2.88. The molecule has 2 heterocycles. The van der Waals surface area contributed by atoms with Gasteiger partial charge in [-0.1, -0.05) is 18.2 Å². The van der Waals surface area contributed by atoms with E-state index >= 15 is 0 Å². The second-order valence-corrected chi connectivity index (χ2v) is 5.33. The molecule has 0 aliphatic rings. The van der Waals surface area contributed by atoms with Crippen LogP contribution in [-0.2, 0) is 13.0 Å². The Kier molecular flexibility index (Phi) is 3.80. The zero-order chi connectivity index (χ0) is 14.8. The van der Waals surface area contributed by atoms with Crippen molar-refractivity contribution >= 4 is 11.0 Å². The van der Waals surface area contributed by atoms with Gasteiger partial charge < -0.3 is 9.73 Å². The monoisotopic (exact) mass is 283 g/mol. The van der Waals surface area contributed by atoms with E-state index in [1.807, 2.05) is 32.4 Å². The van der Waals surface area contributed by atoms with Crippen LogP contribution in [0.15, 0.2) is 41.0 Å². The van der Waals surface area contributed by atoms with Crippen LogP contribution >= 0.6 is 0 Å². The summed E-state index contributed by atoms with van der Waals surface area (Å²) < 4.78 is 7.74. The van der Waals surface area contributed by atoms with Gasteiger partial charge in [-0.05, 0) is 33.0 Å². The number of fused-ring (bicyclic) bond motifs is 1. The number of aryl methyl sites for hydroxylation is 2. The van der Waals surface area contributed by atoms with Gasteiger partial charge in [0.1, 0.15) is 5.58 Å². The quantitative estimate of drug-likeness (QED) is 0.779. The molecule has 4 heteroatoms. The van der Waals surface area contributed by atoms with E-state index in [-0.39, 0.29) is 6.04 Å². The normalized spacial score (nSPS) is 12.9. The number of rotatable bonds is 5. The van der Waals surface area contributed by atoms with Crippen molar-refractivity contribution in [1.82, 2.24) is 15.1 Å². The lowest BCUT2D eigenvalue weighted by Crippen LogP contribution is -2.20. The van der Waals surface area contributed by atoms with E-state index in [0.29, 0.717) is 0 Å². The van der Waals surface area contributed by atoms with Crippen LogP contribution in [0.2, 0.25) is 0 Å². The molecule has 1 aromatic carbocycles. The average Bonchev–Trinajstić information content (AvgIpc) is 3.08. The van der Waals surface area contributed by atoms with Gasteiger partial charge in [0.05, 0.1) is 12.0 Å². The molecule has 4 nitrogen and oxygen atoms in total. The van der Waals surface area contributed by atoms with Crippen LogP contribution in [0.25, 0.3) is 11.0 Å². The number of hydrogen-bond acceptors (Lipinski definition) is 3. The molecule has 0 fully saturated rings. The molecule has 1 unspecified atom stereocenters. The molecule has 2 aromatic heterocycles. The Labute approximate surface area is 124 Å². The third kappa shape index (κ3) is 2.59. The zero-order valence-corrected chi connectivity index (χ0v) is 12.8. The maximum absolute atomic E-state index is 5.67. The molecule has 0 aliphatic heterocycles. The number of benzene rings is 1. The van der Waals surface area contributed by atoms with Gasteiger partial charge in [0.25, 0.3) is 0 Å². The lowest BCUT2D eigenvalue weighted by molar-refractivity contribution is 0.531. The van der Waals surface area contributed by atoms with E-state index in [9.17, 15) is 0 Å². The smallest absolute Gasteiger partial charge is 0.134 e. The fraction of sp³-hybridized carbons (Fsp3) is 0.353. The first-order chi connectivity index (χ1) is 10.2. The topological polar surface area (TPSA) is 43.0 Å². The van der Waals surface area contributed by atoms with Gasteiger partial charge in [-0.25, -0.2) is 0 Å². The molecule has 0 spiro atoms. The lowest BCUT2D eigenvalue weighted by Gasteiger charge is -2.15. The highest BCUT2D eigenvalue weighted by Crippen LogP contribution is 2.28. The van der Waals surface area contributed by atoms with Gasteiger partial charge in [0.15, 0.2) is 0 Å². The Hall–Kier alpha value is -2.07. The summed E-state index contributed by atoms with van der Waals surface area (Å²) in [5, 5.41) is 9.11. The third-order valence-corrected chi connectivity index (χ3v) is 3.93. The molecule has 0 aliphatic carbocycles. The molecule has 110 valence electrons. The molecular weight excluding hydrogens is 262 g/mol. The van der Waals surface area contributed by atoms with E-state index < -0.39 is 0 Å². The number of hydrogen-bond donors (Lipinski definition) is 1. The van der Waals surface area contributed by atoms with Crippen LogP contribution in [0.1, 0.15) is 29.9 Å². The van der Waals surface area contributed by atoms with Gasteiger partial charge in [-0.2, -0.15) is 5.10 Å². The predicted octanol–water partition coefficient (Wildman–Crippen LogP) is 3.46. The first-order valence-corrected chi connectivity index (χ1v) is 7.39. The van der Waals surface area contributed by atoms with Gasteiger partial charge in [-0.15, -0.1) is 0 Å². The Balaban J connectivity index is 1.95. The van der Waals surface area contributed by atoms with Crippen molar-refractivity contribution < 1.29 is 4.42 Å². The molecule has 21 heavy (non-hydrogen) atoms. The summed E-state index contributed by atoms with van der Waals surface area (Å²) >= 11 is 0. The van der Waals surface area contributed by atoms with Crippen LogP contribution in [-0.4, -0.2) is 16.8 Å². The molecule has 0 radical (unpaired) electrons. The summed E-state index contributed by atoms with van der Waals surface area (Å²) in [4.78, 5) is 0. The molecule has 1 atom stereocenters. The van der Waals surface area contributed by atoms with Crippen molar-refractivity contribution in [2.24, 2.45) is 0 Å². The molecule has 0 amide bonds. The van der Waals surface area contributed by atoms with Crippen molar-refractivity contribution in [3.05, 3.63) is 53.5 Å². The average molecular weight is 283 g/mol. The van der Waals surface area contributed by atoms with Gasteiger partial charge >= 0.3 is 0 Å². The highest BCUT2D eigenvalue weighted by atomic mass is 16.3. The SMILES string of the molecule is CCn1nc(C)cc1CC(NC)c1coc2ccccc12. The highest BCUT2D eigenvalue weighted by molar-refractivity contribution is 5.81. The van der Waals surface area contributed by atoms with Crippen LogP contribution in [0.4, 0.5) is 0 Å². The number of nitrogens with one attached hydrogen (secondary N) is 1. The number of aromatic nitrogens is 2. The van der Waals surface area contributed by atoms with Crippen molar-refractivity contribution in [3.8, 4) is 0 Å². The van der Waals surface area contributed by atoms with Gasteiger partial charge in [0.2, 0.25) is 0 Å². The van der Waals surface area contributed by atoms with Crippen LogP contribution in [0.5, 0.6) is 0 Å². The second kappa shape index (κ2) is 5.74. The summed E-state index contributed by atoms with van der Waals surface area (Å²) in [6, 6.07) is 10.5. The molecular formula is C17H21N3O. The van der Waals surface area contributed by atoms with Crippen molar-refractivity contribution in [2.75, 3.05) is 7.05 Å². The van der Waals surface area contributed by atoms with Crippen LogP contribution in [0.3, 0.4) is 0 Å². The maximum Gasteiger partial charge on any atom is 0.134 e. The fourth-order valence-corrected chi connectivity index (χ4v) is 2.88. The van der Waals surface area contributed by atoms with E-state index in [4.69, 9.17) is 4.42 Å². The van der Waals surface area contributed by atoms with E-state index in [1.54, 1.807) is 0 Å². The summed E-state index contributed by atoms with van der Waals surface area (Å²) in [5.41, 5.74) is 4.46. The number of furan rings is 1. The minimum absolute atomic E-state index is 0.218. The first kappa shape index (κ1) is 13.9.